The molecule has 244 valence electrons. The maximum atomic E-state index is 13.1. The van der Waals surface area contributed by atoms with Crippen molar-refractivity contribution < 1.29 is 47.7 Å². The molecule has 1 aromatic carbocycles. The second-order valence-electron chi connectivity index (χ2n) is 10.4. The number of unbranched alkanes of at least 4 members (excludes halogenated alkanes) is 1. The zero-order valence-corrected chi connectivity index (χ0v) is 25.5. The van der Waals surface area contributed by atoms with E-state index in [-0.39, 0.29) is 50.0 Å². The van der Waals surface area contributed by atoms with Crippen LogP contribution in [0.4, 0.5) is 0 Å². The quantitative estimate of drug-likeness (QED) is 0.116. The van der Waals surface area contributed by atoms with Crippen LogP contribution >= 0.6 is 0 Å². The summed E-state index contributed by atoms with van der Waals surface area (Å²) >= 11 is 0. The number of imidazole rings is 1. The number of hydrogen-bond acceptors (Lipinski definition) is 9. The summed E-state index contributed by atoms with van der Waals surface area (Å²) in [7, 11) is -3.77. The number of nitrogens with two attached hydrogens (primary N) is 1. The molecule has 0 aliphatic rings. The van der Waals surface area contributed by atoms with Crippen molar-refractivity contribution in [2.24, 2.45) is 5.14 Å². The van der Waals surface area contributed by atoms with Gasteiger partial charge in [0.2, 0.25) is 15.9 Å². The van der Waals surface area contributed by atoms with Gasteiger partial charge in [-0.2, -0.15) is 0 Å². The molecule has 0 unspecified atom stereocenters. The highest BCUT2D eigenvalue weighted by molar-refractivity contribution is 7.89. The number of carboxylic acid groups (broad SMARTS) is 3. The molecule has 0 bridgehead atoms. The van der Waals surface area contributed by atoms with Crippen LogP contribution in [0.2, 0.25) is 0 Å². The molecule has 6 N–H and O–H groups in total. The Bertz CT molecular complexity index is 1320. The number of benzene rings is 1. The van der Waals surface area contributed by atoms with Crippen LogP contribution in [0.15, 0.2) is 41.6 Å². The molecule has 0 radical (unpaired) electrons. The molecule has 0 spiro atoms. The van der Waals surface area contributed by atoms with Gasteiger partial charge in [0.25, 0.3) is 0 Å². The number of amides is 1. The van der Waals surface area contributed by atoms with E-state index in [1.165, 1.54) is 12.1 Å². The van der Waals surface area contributed by atoms with Gasteiger partial charge in [-0.1, -0.05) is 6.92 Å². The minimum absolute atomic E-state index is 0.00756. The molecule has 2 rings (SSSR count). The summed E-state index contributed by atoms with van der Waals surface area (Å²) < 4.78 is 30.0. The fraction of sp³-hybridized carbons (Fsp3) is 0.536. The van der Waals surface area contributed by atoms with Gasteiger partial charge in [-0.15, -0.1) is 0 Å². The molecule has 0 fully saturated rings. The molecule has 1 heterocycles. The molecule has 0 aliphatic carbocycles. The van der Waals surface area contributed by atoms with Gasteiger partial charge in [0.05, 0.1) is 18.0 Å². The third-order valence-electron chi connectivity index (χ3n) is 7.07. The summed E-state index contributed by atoms with van der Waals surface area (Å²) in [5.74, 6) is -2.80. The zero-order chi connectivity index (χ0) is 32.8. The summed E-state index contributed by atoms with van der Waals surface area (Å²) in [6.45, 7) is 4.11. The molecule has 44 heavy (non-hydrogen) atoms. The monoisotopic (exact) mass is 639 g/mol. The van der Waals surface area contributed by atoms with Crippen molar-refractivity contribution in [1.29, 1.82) is 0 Å². The molecule has 16 heteroatoms. The van der Waals surface area contributed by atoms with E-state index in [1.54, 1.807) is 29.1 Å². The lowest BCUT2D eigenvalue weighted by molar-refractivity contribution is -0.139. The first-order valence-corrected chi connectivity index (χ1v) is 15.7. The lowest BCUT2D eigenvalue weighted by Crippen LogP contribution is -2.50. The highest BCUT2D eigenvalue weighted by Gasteiger charge is 2.33. The van der Waals surface area contributed by atoms with Crippen molar-refractivity contribution in [3.63, 3.8) is 0 Å². The Balaban J connectivity index is 1.95. The Morgan fingerprint density at radius 3 is 2.05 bits per heavy atom. The SMILES string of the molecule is CCN(CCCCOc1ccc(S(N)(=O)=O)cc1)Cc1nccn1CC(=O)NC(CCC(=O)O)(CCC(=O)O)CCC(=O)O. The van der Waals surface area contributed by atoms with Gasteiger partial charge in [0.15, 0.2) is 0 Å². The van der Waals surface area contributed by atoms with Gasteiger partial charge < -0.3 is 29.9 Å². The van der Waals surface area contributed by atoms with E-state index in [0.29, 0.717) is 37.8 Å². The number of rotatable bonds is 22. The number of aliphatic carboxylic acids is 3. The average molecular weight is 640 g/mol. The van der Waals surface area contributed by atoms with Crippen molar-refractivity contribution >= 4 is 33.8 Å². The number of nitrogens with one attached hydrogen (secondary N) is 1. The predicted molar refractivity (Wildman–Crippen MR) is 157 cm³/mol. The average Bonchev–Trinajstić information content (AvgIpc) is 3.38. The Hall–Kier alpha value is -4.02. The van der Waals surface area contributed by atoms with Gasteiger partial charge in [-0.3, -0.25) is 24.1 Å². The van der Waals surface area contributed by atoms with Crippen LogP contribution in [0.3, 0.4) is 0 Å². The van der Waals surface area contributed by atoms with Gasteiger partial charge in [-0.25, -0.2) is 18.5 Å². The van der Waals surface area contributed by atoms with E-state index in [4.69, 9.17) is 9.88 Å². The molecule has 0 saturated carbocycles. The topological polar surface area (TPSA) is 231 Å². The van der Waals surface area contributed by atoms with E-state index in [9.17, 15) is 42.9 Å². The first-order valence-electron chi connectivity index (χ1n) is 14.2. The van der Waals surface area contributed by atoms with Crippen molar-refractivity contribution in [2.45, 2.75) is 81.8 Å². The summed E-state index contributed by atoms with van der Waals surface area (Å²) in [5, 5.41) is 35.5. The fourth-order valence-corrected chi connectivity index (χ4v) is 5.14. The van der Waals surface area contributed by atoms with Crippen LogP contribution in [0, 0.1) is 0 Å². The molecule has 15 nitrogen and oxygen atoms in total. The lowest BCUT2D eigenvalue weighted by Gasteiger charge is -2.34. The normalized spacial score (nSPS) is 11.8. The minimum atomic E-state index is -3.77. The molecule has 1 amide bonds. The molecule has 0 saturated heterocycles. The zero-order valence-electron chi connectivity index (χ0n) is 24.7. The van der Waals surface area contributed by atoms with Crippen LogP contribution in [0.1, 0.15) is 64.1 Å². The minimum Gasteiger partial charge on any atom is -0.494 e. The third-order valence-corrected chi connectivity index (χ3v) is 8.00. The van der Waals surface area contributed by atoms with Crippen LogP contribution in [-0.4, -0.2) is 87.2 Å². The van der Waals surface area contributed by atoms with E-state index in [1.807, 2.05) is 6.92 Å². The molecular weight excluding hydrogens is 598 g/mol. The lowest BCUT2D eigenvalue weighted by atomic mass is 9.83. The summed E-state index contributed by atoms with van der Waals surface area (Å²) in [4.78, 5) is 53.4. The number of carbonyl (C=O) groups is 4. The number of primary sulfonamides is 1. The Morgan fingerprint density at radius 1 is 0.977 bits per heavy atom. The molecule has 2 aromatic rings. The number of carbonyl (C=O) groups excluding carboxylic acids is 1. The van der Waals surface area contributed by atoms with Gasteiger partial charge in [-0.05, 0) is 69.5 Å². The molecular formula is C28H41N5O10S. The summed E-state index contributed by atoms with van der Waals surface area (Å²) in [5.41, 5.74) is -1.31. The number of ether oxygens (including phenoxy) is 1. The Kier molecular flexibility index (Phi) is 14.2. The van der Waals surface area contributed by atoms with Gasteiger partial charge >= 0.3 is 17.9 Å². The number of hydrogen-bond donors (Lipinski definition) is 5. The number of carboxylic acids is 3. The molecule has 0 aliphatic heterocycles. The molecule has 1 aromatic heterocycles. The smallest absolute Gasteiger partial charge is 0.303 e. The first kappa shape index (κ1) is 36.2. The van der Waals surface area contributed by atoms with Gasteiger partial charge in [0.1, 0.15) is 18.1 Å². The van der Waals surface area contributed by atoms with Crippen molar-refractivity contribution in [1.82, 2.24) is 19.8 Å². The van der Waals surface area contributed by atoms with Crippen molar-refractivity contribution in [3.05, 3.63) is 42.5 Å². The van der Waals surface area contributed by atoms with Crippen LogP contribution < -0.4 is 15.2 Å². The number of aromatic nitrogens is 2. The third kappa shape index (κ3) is 13.1. The highest BCUT2D eigenvalue weighted by Crippen LogP contribution is 2.26. The Morgan fingerprint density at radius 2 is 1.55 bits per heavy atom. The number of sulfonamides is 1. The van der Waals surface area contributed by atoms with E-state index < -0.39 is 39.4 Å². The summed E-state index contributed by atoms with van der Waals surface area (Å²) in [6.07, 6.45) is 3.28. The predicted octanol–water partition coefficient (Wildman–Crippen LogP) is 1.66. The van der Waals surface area contributed by atoms with Crippen molar-refractivity contribution in [2.75, 3.05) is 19.7 Å². The fourth-order valence-electron chi connectivity index (χ4n) is 4.63. The second kappa shape index (κ2) is 17.3. The van der Waals surface area contributed by atoms with Crippen LogP contribution in [0.25, 0.3) is 0 Å². The van der Waals surface area contributed by atoms with Crippen LogP contribution in [-0.2, 0) is 42.3 Å². The molecule has 0 atom stereocenters. The highest BCUT2D eigenvalue weighted by atomic mass is 32.2. The van der Waals surface area contributed by atoms with Crippen LogP contribution in [0.5, 0.6) is 5.75 Å². The van der Waals surface area contributed by atoms with E-state index >= 15 is 0 Å². The van der Waals surface area contributed by atoms with Gasteiger partial charge in [0, 0.05) is 37.2 Å². The second-order valence-corrected chi connectivity index (χ2v) is 12.0. The Labute approximate surface area is 256 Å². The standard InChI is InChI=1S/C28H41N5O10S/c1-2-32(16-3-4-18-43-21-5-7-22(8-6-21)44(29,41)42)19-23-30-15-17-33(23)20-24(34)31-28(12-9-25(35)36,13-10-26(37)38)14-11-27(39)40/h5-8,15,17H,2-4,9-14,16,18-20H2,1H3,(H,31,34)(H,35,36)(H,37,38)(H,39,40)(H2,29,41,42). The first-order chi connectivity index (χ1) is 20.7. The largest absolute Gasteiger partial charge is 0.494 e. The van der Waals surface area contributed by atoms with E-state index in [0.717, 1.165) is 12.8 Å². The van der Waals surface area contributed by atoms with Crippen molar-refractivity contribution in [3.8, 4) is 5.75 Å². The van der Waals surface area contributed by atoms with E-state index in [2.05, 4.69) is 15.2 Å². The summed E-state index contributed by atoms with van der Waals surface area (Å²) in [6, 6.07) is 5.85. The maximum Gasteiger partial charge on any atom is 0.303 e. The maximum absolute atomic E-state index is 13.1. The number of nitrogens with zero attached hydrogens (tertiary/aromatic N) is 3.